The van der Waals surface area contributed by atoms with Crippen molar-refractivity contribution < 1.29 is 23.9 Å². The maximum Gasteiger partial charge on any atom is 0.264 e. The van der Waals surface area contributed by atoms with E-state index >= 15 is 0 Å². The van der Waals surface area contributed by atoms with E-state index < -0.39 is 29.7 Å². The van der Waals surface area contributed by atoms with Gasteiger partial charge >= 0.3 is 0 Å². The highest BCUT2D eigenvalue weighted by Gasteiger charge is 2.45. The maximum absolute atomic E-state index is 13.0. The Morgan fingerprint density at radius 1 is 1.06 bits per heavy atom. The molecule has 1 unspecified atom stereocenters. The van der Waals surface area contributed by atoms with E-state index in [4.69, 9.17) is 4.74 Å². The number of rotatable bonds is 8. The third-order valence-corrected chi connectivity index (χ3v) is 5.79. The molecule has 0 bridgehead atoms. The number of nitrogens with one attached hydrogen (secondary N) is 3. The van der Waals surface area contributed by atoms with Gasteiger partial charge in [0, 0.05) is 51.4 Å². The molecule has 1 aromatic carbocycles. The normalized spacial score (nSPS) is 21.9. The number of imide groups is 2. The van der Waals surface area contributed by atoms with Crippen LogP contribution in [0.2, 0.25) is 0 Å². The molecule has 10 nitrogen and oxygen atoms in total. The molecule has 0 saturated carbocycles. The molecular weight excluding hydrogens is 402 g/mol. The van der Waals surface area contributed by atoms with Crippen LogP contribution in [-0.2, 0) is 14.3 Å². The summed E-state index contributed by atoms with van der Waals surface area (Å²) in [5.41, 5.74) is 1.06. The van der Waals surface area contributed by atoms with Gasteiger partial charge in [-0.3, -0.25) is 34.3 Å². The summed E-state index contributed by atoms with van der Waals surface area (Å²) >= 11 is 0. The van der Waals surface area contributed by atoms with Gasteiger partial charge in [0.25, 0.3) is 11.8 Å². The number of nitrogens with zero attached hydrogens (tertiary/aromatic N) is 2. The van der Waals surface area contributed by atoms with E-state index in [0.29, 0.717) is 25.4 Å². The molecular formula is C21H27N5O5. The van der Waals surface area contributed by atoms with Crippen molar-refractivity contribution in [2.75, 3.05) is 57.8 Å². The van der Waals surface area contributed by atoms with E-state index in [-0.39, 0.29) is 24.0 Å². The standard InChI is InChI=1S/C21H27N5O5/c27-17-5-4-16(19(28)24-17)26-20(29)14-2-1-3-15(18(14)21(26)30)23-8-12-31-13-11-25-9-6-22-7-10-25/h1-3,16,22-23H,4-13H2,(H,24,27,28). The maximum atomic E-state index is 13.0. The van der Waals surface area contributed by atoms with Gasteiger partial charge in [-0.05, 0) is 18.6 Å². The van der Waals surface area contributed by atoms with Gasteiger partial charge < -0.3 is 15.4 Å². The molecule has 31 heavy (non-hydrogen) atoms. The first-order valence-electron chi connectivity index (χ1n) is 10.7. The molecule has 166 valence electrons. The summed E-state index contributed by atoms with van der Waals surface area (Å²) in [5.74, 6) is -2.03. The second-order valence-corrected chi connectivity index (χ2v) is 7.81. The number of piperazine rings is 1. The van der Waals surface area contributed by atoms with Crippen molar-refractivity contribution in [3.63, 3.8) is 0 Å². The van der Waals surface area contributed by atoms with Crippen molar-refractivity contribution >= 4 is 29.3 Å². The Morgan fingerprint density at radius 3 is 2.65 bits per heavy atom. The van der Waals surface area contributed by atoms with Crippen molar-refractivity contribution in [1.29, 1.82) is 0 Å². The van der Waals surface area contributed by atoms with Gasteiger partial charge in [-0.1, -0.05) is 6.07 Å². The number of piperidine rings is 1. The largest absolute Gasteiger partial charge is 0.382 e. The van der Waals surface area contributed by atoms with Gasteiger partial charge in [0.05, 0.1) is 24.3 Å². The lowest BCUT2D eigenvalue weighted by atomic mass is 10.0. The average molecular weight is 429 g/mol. The minimum atomic E-state index is -0.966. The Bertz CT molecular complexity index is 883. The zero-order valence-corrected chi connectivity index (χ0v) is 17.3. The number of hydrogen-bond donors (Lipinski definition) is 3. The zero-order chi connectivity index (χ0) is 21.8. The SMILES string of the molecule is O=C1CCC(N2C(=O)c3cccc(NCCOCCN4CCNCC4)c3C2=O)C(=O)N1. The summed E-state index contributed by atoms with van der Waals surface area (Å²) in [5, 5.41) is 8.69. The second-order valence-electron chi connectivity index (χ2n) is 7.81. The van der Waals surface area contributed by atoms with Crippen LogP contribution in [0.4, 0.5) is 5.69 Å². The zero-order valence-electron chi connectivity index (χ0n) is 17.3. The summed E-state index contributed by atoms with van der Waals surface area (Å²) in [6.07, 6.45) is 0.236. The minimum Gasteiger partial charge on any atom is -0.382 e. The molecule has 3 N–H and O–H groups in total. The Labute approximate surface area is 180 Å². The van der Waals surface area contributed by atoms with Gasteiger partial charge in [-0.25, -0.2) is 0 Å². The smallest absolute Gasteiger partial charge is 0.264 e. The predicted octanol–water partition coefficient (Wildman–Crippen LogP) is -0.578. The van der Waals surface area contributed by atoms with Crippen LogP contribution in [0, 0.1) is 0 Å². The number of ether oxygens (including phenoxy) is 1. The minimum absolute atomic E-state index is 0.0974. The van der Waals surface area contributed by atoms with Crippen molar-refractivity contribution in [2.24, 2.45) is 0 Å². The quantitative estimate of drug-likeness (QED) is 0.371. The number of benzene rings is 1. The van der Waals surface area contributed by atoms with Gasteiger partial charge in [0.1, 0.15) is 6.04 Å². The van der Waals surface area contributed by atoms with Gasteiger partial charge in [-0.2, -0.15) is 0 Å². The van der Waals surface area contributed by atoms with Crippen LogP contribution in [0.1, 0.15) is 33.6 Å². The van der Waals surface area contributed by atoms with E-state index in [0.717, 1.165) is 37.6 Å². The third-order valence-electron chi connectivity index (χ3n) is 5.79. The number of amides is 4. The Hall–Kier alpha value is -2.82. The molecule has 4 rings (SSSR count). The molecule has 0 radical (unpaired) electrons. The summed E-state index contributed by atoms with van der Waals surface area (Å²) in [6, 6.07) is 4.05. The van der Waals surface area contributed by atoms with Crippen LogP contribution in [0.3, 0.4) is 0 Å². The fraction of sp³-hybridized carbons (Fsp3) is 0.524. The molecule has 1 atom stereocenters. The lowest BCUT2D eigenvalue weighted by Gasteiger charge is -2.27. The summed E-state index contributed by atoms with van der Waals surface area (Å²) in [6.45, 7) is 6.53. The molecule has 3 heterocycles. The number of anilines is 1. The molecule has 1 aromatic rings. The molecule has 3 aliphatic heterocycles. The van der Waals surface area contributed by atoms with Crippen LogP contribution in [0.25, 0.3) is 0 Å². The number of carbonyl (C=O) groups is 4. The monoisotopic (exact) mass is 429 g/mol. The molecule has 0 aromatic heterocycles. The van der Waals surface area contributed by atoms with Crippen LogP contribution in [0.15, 0.2) is 18.2 Å². The van der Waals surface area contributed by atoms with Crippen LogP contribution < -0.4 is 16.0 Å². The Balaban J connectivity index is 1.33. The number of carbonyl (C=O) groups excluding carboxylic acids is 4. The molecule has 4 amide bonds. The van der Waals surface area contributed by atoms with Crippen molar-refractivity contribution in [2.45, 2.75) is 18.9 Å². The van der Waals surface area contributed by atoms with E-state index in [9.17, 15) is 19.2 Å². The van der Waals surface area contributed by atoms with Crippen LogP contribution in [-0.4, -0.2) is 92.0 Å². The third kappa shape index (κ3) is 4.60. The molecule has 0 spiro atoms. The lowest BCUT2D eigenvalue weighted by Crippen LogP contribution is -2.54. The summed E-state index contributed by atoms with van der Waals surface area (Å²) in [4.78, 5) is 52.8. The highest BCUT2D eigenvalue weighted by Crippen LogP contribution is 2.32. The second kappa shape index (κ2) is 9.54. The van der Waals surface area contributed by atoms with Crippen molar-refractivity contribution in [3.05, 3.63) is 29.3 Å². The Morgan fingerprint density at radius 2 is 1.87 bits per heavy atom. The first-order chi connectivity index (χ1) is 15.1. The van der Waals surface area contributed by atoms with Crippen molar-refractivity contribution in [3.8, 4) is 0 Å². The Kier molecular flexibility index (Phi) is 6.59. The van der Waals surface area contributed by atoms with Gasteiger partial charge in [0.15, 0.2) is 0 Å². The van der Waals surface area contributed by atoms with Crippen molar-refractivity contribution in [1.82, 2.24) is 20.4 Å². The van der Waals surface area contributed by atoms with E-state index in [1.54, 1.807) is 18.2 Å². The average Bonchev–Trinajstić information content (AvgIpc) is 3.02. The first kappa shape index (κ1) is 21.4. The van der Waals surface area contributed by atoms with Crippen LogP contribution in [0.5, 0.6) is 0 Å². The summed E-state index contributed by atoms with van der Waals surface area (Å²) < 4.78 is 5.69. The highest BCUT2D eigenvalue weighted by molar-refractivity contribution is 6.25. The van der Waals surface area contributed by atoms with Gasteiger partial charge in [0.2, 0.25) is 11.8 Å². The fourth-order valence-electron chi connectivity index (χ4n) is 4.15. The number of fused-ring (bicyclic) bond motifs is 1. The number of hydrogen-bond acceptors (Lipinski definition) is 8. The van der Waals surface area contributed by atoms with E-state index in [1.807, 2.05) is 0 Å². The van der Waals surface area contributed by atoms with Gasteiger partial charge in [-0.15, -0.1) is 0 Å². The predicted molar refractivity (Wildman–Crippen MR) is 112 cm³/mol. The van der Waals surface area contributed by atoms with E-state index in [1.165, 1.54) is 0 Å². The molecule has 10 heteroatoms. The van der Waals surface area contributed by atoms with Crippen LogP contribution >= 0.6 is 0 Å². The first-order valence-corrected chi connectivity index (χ1v) is 10.7. The molecule has 0 aliphatic carbocycles. The highest BCUT2D eigenvalue weighted by atomic mass is 16.5. The van der Waals surface area contributed by atoms with E-state index in [2.05, 4.69) is 20.9 Å². The topological polar surface area (TPSA) is 120 Å². The fourth-order valence-corrected chi connectivity index (χ4v) is 4.15. The molecule has 2 saturated heterocycles. The molecule has 3 aliphatic rings. The molecule has 2 fully saturated rings. The lowest BCUT2D eigenvalue weighted by molar-refractivity contribution is -0.136. The summed E-state index contributed by atoms with van der Waals surface area (Å²) in [7, 11) is 0.